The SMILES string of the molecule is N#CCC1(n2cc(C(N)=O)c(Nc3ccccc3)n2)COC1. The van der Waals surface area contributed by atoms with Crippen LogP contribution in [0.5, 0.6) is 0 Å². The third-order valence-electron chi connectivity index (χ3n) is 3.65. The maximum absolute atomic E-state index is 11.6. The molecule has 22 heavy (non-hydrogen) atoms. The first kappa shape index (κ1) is 14.1. The molecule has 2 heterocycles. The van der Waals surface area contributed by atoms with E-state index in [9.17, 15) is 4.79 Å². The highest BCUT2D eigenvalue weighted by atomic mass is 16.5. The number of rotatable bonds is 5. The van der Waals surface area contributed by atoms with Gasteiger partial charge in [0, 0.05) is 11.9 Å². The van der Waals surface area contributed by atoms with Crippen LogP contribution in [0.4, 0.5) is 11.5 Å². The van der Waals surface area contributed by atoms with Crippen LogP contribution >= 0.6 is 0 Å². The number of primary amides is 1. The third kappa shape index (κ3) is 2.40. The van der Waals surface area contributed by atoms with Crippen LogP contribution in [0.3, 0.4) is 0 Å². The van der Waals surface area contributed by atoms with Crippen LogP contribution in [0.2, 0.25) is 0 Å². The average molecular weight is 297 g/mol. The van der Waals surface area contributed by atoms with E-state index in [0.717, 1.165) is 5.69 Å². The number of carbonyl (C=O) groups excluding carboxylic acids is 1. The molecule has 112 valence electrons. The molecule has 3 rings (SSSR count). The molecule has 1 aromatic carbocycles. The van der Waals surface area contributed by atoms with Gasteiger partial charge in [-0.15, -0.1) is 0 Å². The molecule has 1 aliphatic rings. The summed E-state index contributed by atoms with van der Waals surface area (Å²) >= 11 is 0. The van der Waals surface area contributed by atoms with E-state index in [2.05, 4.69) is 16.5 Å². The molecule has 0 spiro atoms. The molecule has 3 N–H and O–H groups in total. The van der Waals surface area contributed by atoms with Crippen molar-refractivity contribution in [2.45, 2.75) is 12.0 Å². The number of hydrogen-bond donors (Lipinski definition) is 2. The Morgan fingerprint density at radius 2 is 2.18 bits per heavy atom. The molecule has 2 aromatic rings. The van der Waals surface area contributed by atoms with Crippen LogP contribution < -0.4 is 11.1 Å². The Labute approximate surface area is 127 Å². The molecular formula is C15H15N5O2. The molecule has 0 atom stereocenters. The zero-order chi connectivity index (χ0) is 15.6. The minimum Gasteiger partial charge on any atom is -0.376 e. The fourth-order valence-corrected chi connectivity index (χ4v) is 2.35. The second-order valence-electron chi connectivity index (χ2n) is 5.24. The van der Waals surface area contributed by atoms with Crippen molar-refractivity contribution in [3.63, 3.8) is 0 Å². The van der Waals surface area contributed by atoms with Crippen LogP contribution in [0, 0.1) is 11.3 Å². The number of nitriles is 1. The Morgan fingerprint density at radius 3 is 2.73 bits per heavy atom. The van der Waals surface area contributed by atoms with Crippen molar-refractivity contribution >= 4 is 17.4 Å². The van der Waals surface area contributed by atoms with Crippen LogP contribution in [0.25, 0.3) is 0 Å². The Morgan fingerprint density at radius 1 is 1.45 bits per heavy atom. The van der Waals surface area contributed by atoms with Gasteiger partial charge in [0.1, 0.15) is 11.1 Å². The summed E-state index contributed by atoms with van der Waals surface area (Å²) in [6.07, 6.45) is 1.84. The van der Waals surface area contributed by atoms with Gasteiger partial charge in [0.25, 0.3) is 5.91 Å². The second-order valence-corrected chi connectivity index (χ2v) is 5.24. The lowest BCUT2D eigenvalue weighted by Gasteiger charge is -2.39. The van der Waals surface area contributed by atoms with Crippen molar-refractivity contribution in [1.29, 1.82) is 5.26 Å². The largest absolute Gasteiger partial charge is 0.376 e. The van der Waals surface area contributed by atoms with Crippen LogP contribution in [-0.4, -0.2) is 28.9 Å². The molecule has 0 saturated carbocycles. The number of aromatic nitrogens is 2. The van der Waals surface area contributed by atoms with E-state index in [-0.39, 0.29) is 12.0 Å². The van der Waals surface area contributed by atoms with Crippen molar-refractivity contribution < 1.29 is 9.53 Å². The third-order valence-corrected chi connectivity index (χ3v) is 3.65. The van der Waals surface area contributed by atoms with E-state index in [1.54, 1.807) is 10.9 Å². The van der Waals surface area contributed by atoms with Crippen molar-refractivity contribution in [3.8, 4) is 6.07 Å². The summed E-state index contributed by atoms with van der Waals surface area (Å²) in [6, 6.07) is 11.5. The van der Waals surface area contributed by atoms with E-state index < -0.39 is 11.4 Å². The van der Waals surface area contributed by atoms with Crippen molar-refractivity contribution in [2.75, 3.05) is 18.5 Å². The lowest BCUT2D eigenvalue weighted by Crippen LogP contribution is -2.51. The summed E-state index contributed by atoms with van der Waals surface area (Å²) < 4.78 is 6.84. The van der Waals surface area contributed by atoms with Gasteiger partial charge in [0.15, 0.2) is 5.82 Å². The first-order chi connectivity index (χ1) is 10.6. The van der Waals surface area contributed by atoms with Crippen LogP contribution in [-0.2, 0) is 10.3 Å². The summed E-state index contributed by atoms with van der Waals surface area (Å²) in [5.41, 5.74) is 6.00. The summed E-state index contributed by atoms with van der Waals surface area (Å²) in [7, 11) is 0. The number of nitrogens with two attached hydrogens (primary N) is 1. The molecule has 1 aromatic heterocycles. The summed E-state index contributed by atoms with van der Waals surface area (Å²) in [4.78, 5) is 11.6. The Bertz CT molecular complexity index is 728. The van der Waals surface area contributed by atoms with E-state index in [4.69, 9.17) is 15.7 Å². The van der Waals surface area contributed by atoms with E-state index in [0.29, 0.717) is 19.0 Å². The molecule has 1 fully saturated rings. The predicted molar refractivity (Wildman–Crippen MR) is 79.5 cm³/mol. The quantitative estimate of drug-likeness (QED) is 0.866. The highest BCUT2D eigenvalue weighted by Gasteiger charge is 2.42. The number of nitrogens with zero attached hydrogens (tertiary/aromatic N) is 3. The highest BCUT2D eigenvalue weighted by molar-refractivity contribution is 5.98. The molecule has 0 unspecified atom stereocenters. The van der Waals surface area contributed by atoms with Gasteiger partial charge in [-0.2, -0.15) is 10.4 Å². The highest BCUT2D eigenvalue weighted by Crippen LogP contribution is 2.31. The maximum Gasteiger partial charge on any atom is 0.254 e. The Kier molecular flexibility index (Phi) is 3.53. The topological polar surface area (TPSA) is 106 Å². The lowest BCUT2D eigenvalue weighted by atomic mass is 9.94. The Hall–Kier alpha value is -2.85. The fraction of sp³-hybridized carbons (Fsp3) is 0.267. The zero-order valence-electron chi connectivity index (χ0n) is 11.8. The smallest absolute Gasteiger partial charge is 0.254 e. The molecule has 0 aliphatic carbocycles. The fourth-order valence-electron chi connectivity index (χ4n) is 2.35. The van der Waals surface area contributed by atoms with Gasteiger partial charge in [-0.1, -0.05) is 18.2 Å². The Balaban J connectivity index is 1.96. The second kappa shape index (κ2) is 5.50. The number of nitrogens with one attached hydrogen (secondary N) is 1. The van der Waals surface area contributed by atoms with Crippen molar-refractivity contribution in [3.05, 3.63) is 42.1 Å². The zero-order valence-corrected chi connectivity index (χ0v) is 11.8. The van der Waals surface area contributed by atoms with Crippen LogP contribution in [0.1, 0.15) is 16.8 Å². The molecule has 0 bridgehead atoms. The molecule has 1 saturated heterocycles. The van der Waals surface area contributed by atoms with E-state index in [1.807, 2.05) is 30.3 Å². The van der Waals surface area contributed by atoms with Crippen molar-refractivity contribution in [1.82, 2.24) is 9.78 Å². The minimum atomic E-state index is -0.572. The normalized spacial score (nSPS) is 15.6. The van der Waals surface area contributed by atoms with Gasteiger partial charge in [-0.3, -0.25) is 9.48 Å². The molecule has 1 aliphatic heterocycles. The van der Waals surface area contributed by atoms with Gasteiger partial charge in [0.2, 0.25) is 0 Å². The maximum atomic E-state index is 11.6. The summed E-state index contributed by atoms with van der Waals surface area (Å²) in [5.74, 6) is -0.194. The monoisotopic (exact) mass is 297 g/mol. The van der Waals surface area contributed by atoms with E-state index in [1.165, 1.54) is 0 Å². The van der Waals surface area contributed by atoms with Gasteiger partial charge in [-0.05, 0) is 12.1 Å². The molecule has 1 amide bonds. The first-order valence-electron chi connectivity index (χ1n) is 6.81. The number of carbonyl (C=O) groups is 1. The molecule has 0 radical (unpaired) electrons. The summed E-state index contributed by atoms with van der Waals surface area (Å²) in [5, 5.41) is 16.5. The number of amides is 1. The average Bonchev–Trinajstić information content (AvgIpc) is 2.88. The predicted octanol–water partition coefficient (Wildman–Crippen LogP) is 1.36. The number of ether oxygens (including phenoxy) is 1. The molecule has 7 heteroatoms. The standard InChI is InChI=1S/C15H15N5O2/c16-7-6-15(9-22-10-15)20-8-12(13(17)21)14(19-20)18-11-4-2-1-3-5-11/h1-5,8H,6,9-10H2,(H2,17,21)(H,18,19). The number of anilines is 2. The first-order valence-corrected chi connectivity index (χ1v) is 6.81. The van der Waals surface area contributed by atoms with Gasteiger partial charge in [-0.25, -0.2) is 0 Å². The molecular weight excluding hydrogens is 282 g/mol. The number of para-hydroxylation sites is 1. The van der Waals surface area contributed by atoms with Gasteiger partial charge >= 0.3 is 0 Å². The number of benzene rings is 1. The van der Waals surface area contributed by atoms with E-state index >= 15 is 0 Å². The molecule has 7 nitrogen and oxygen atoms in total. The minimum absolute atomic E-state index is 0.262. The number of hydrogen-bond acceptors (Lipinski definition) is 5. The lowest BCUT2D eigenvalue weighted by molar-refractivity contribution is -0.104. The van der Waals surface area contributed by atoms with Gasteiger partial charge in [0.05, 0.1) is 25.7 Å². The van der Waals surface area contributed by atoms with Gasteiger partial charge < -0.3 is 15.8 Å². The summed E-state index contributed by atoms with van der Waals surface area (Å²) in [6.45, 7) is 0.788. The van der Waals surface area contributed by atoms with Crippen molar-refractivity contribution in [2.24, 2.45) is 5.73 Å². The van der Waals surface area contributed by atoms with Crippen LogP contribution in [0.15, 0.2) is 36.5 Å².